The molecule has 0 aliphatic heterocycles. The summed E-state index contributed by atoms with van der Waals surface area (Å²) in [6.07, 6.45) is 0.948. The summed E-state index contributed by atoms with van der Waals surface area (Å²) in [5.41, 5.74) is 3.37. The quantitative estimate of drug-likeness (QED) is 0.632. The van der Waals surface area contributed by atoms with Gasteiger partial charge in [0.2, 0.25) is 0 Å². The fourth-order valence-corrected chi connectivity index (χ4v) is 1.86. The van der Waals surface area contributed by atoms with Gasteiger partial charge in [0.05, 0.1) is 12.9 Å². The zero-order valence-electron chi connectivity index (χ0n) is 11.3. The molecule has 0 unspecified atom stereocenters. The van der Waals surface area contributed by atoms with Gasteiger partial charge in [0.15, 0.2) is 0 Å². The van der Waals surface area contributed by atoms with Crippen LogP contribution >= 0.6 is 11.6 Å². The van der Waals surface area contributed by atoms with Gasteiger partial charge in [0.25, 0.3) is 10.1 Å². The summed E-state index contributed by atoms with van der Waals surface area (Å²) in [6.45, 7) is -0.211. The van der Waals surface area contributed by atoms with Crippen LogP contribution in [0.2, 0.25) is 5.02 Å². The number of benzene rings is 1. The van der Waals surface area contributed by atoms with E-state index in [0.29, 0.717) is 16.3 Å². The van der Waals surface area contributed by atoms with Crippen LogP contribution in [0.4, 0.5) is 10.5 Å². The van der Waals surface area contributed by atoms with Crippen LogP contribution in [0.25, 0.3) is 0 Å². The number of nitrogens with zero attached hydrogens (tertiary/aromatic N) is 1. The summed E-state index contributed by atoms with van der Waals surface area (Å²) in [4.78, 5) is 11.6. The average molecular weight is 322 g/mol. The predicted molar refractivity (Wildman–Crippen MR) is 76.9 cm³/mol. The fraction of sp³-hybridized carbons (Fsp3) is 0.364. The van der Waals surface area contributed by atoms with Crippen molar-refractivity contribution < 1.29 is 17.4 Å². The Morgan fingerprint density at radius 1 is 1.40 bits per heavy atom. The minimum absolute atomic E-state index is 0.211. The second kappa shape index (κ2) is 6.89. The first-order valence-corrected chi connectivity index (χ1v) is 7.74. The number of hydrogen-bond acceptors (Lipinski definition) is 5. The van der Waals surface area contributed by atoms with Gasteiger partial charge in [-0.2, -0.15) is 8.42 Å². The number of halogens is 1. The van der Waals surface area contributed by atoms with E-state index in [1.165, 1.54) is 11.1 Å². The summed E-state index contributed by atoms with van der Waals surface area (Å²) >= 11 is 5.85. The molecule has 0 aromatic heterocycles. The molecule has 0 radical (unpaired) electrons. The Balaban J connectivity index is 2.87. The molecule has 0 aliphatic carbocycles. The second-order valence-electron chi connectivity index (χ2n) is 4.23. The second-order valence-corrected chi connectivity index (χ2v) is 6.31. The van der Waals surface area contributed by atoms with Gasteiger partial charge in [-0.05, 0) is 18.2 Å². The molecule has 0 spiro atoms. The Morgan fingerprint density at radius 3 is 2.60 bits per heavy atom. The molecule has 0 saturated heterocycles. The zero-order chi connectivity index (χ0) is 15.3. The van der Waals surface area contributed by atoms with E-state index in [4.69, 9.17) is 15.8 Å². The van der Waals surface area contributed by atoms with Crippen molar-refractivity contribution in [2.75, 3.05) is 25.7 Å². The molecule has 0 bridgehead atoms. The van der Waals surface area contributed by atoms with Crippen LogP contribution in [0.5, 0.6) is 0 Å². The van der Waals surface area contributed by atoms with Crippen molar-refractivity contribution >= 4 is 33.4 Å². The third kappa shape index (κ3) is 6.20. The van der Waals surface area contributed by atoms with Gasteiger partial charge in [-0.15, -0.1) is 0 Å². The van der Waals surface area contributed by atoms with Crippen molar-refractivity contribution in [2.24, 2.45) is 0 Å². The van der Waals surface area contributed by atoms with Crippen LogP contribution in [0.15, 0.2) is 18.2 Å². The topological polar surface area (TPSA) is 87.7 Å². The lowest BCUT2D eigenvalue weighted by molar-refractivity contribution is 0.224. The largest absolute Gasteiger partial charge is 0.333 e. The van der Waals surface area contributed by atoms with Gasteiger partial charge in [-0.3, -0.25) is 9.61 Å². The molecule has 2 amide bonds. The van der Waals surface area contributed by atoms with Gasteiger partial charge in [0, 0.05) is 30.4 Å². The minimum Gasteiger partial charge on any atom is -0.307 e. The highest BCUT2D eigenvalue weighted by molar-refractivity contribution is 7.85. The Labute approximate surface area is 122 Å². The van der Waals surface area contributed by atoms with E-state index in [2.05, 4.69) is 10.7 Å². The highest BCUT2D eigenvalue weighted by Crippen LogP contribution is 2.22. The van der Waals surface area contributed by atoms with Crippen molar-refractivity contribution in [3.05, 3.63) is 28.8 Å². The molecule has 112 valence electrons. The lowest BCUT2D eigenvalue weighted by Gasteiger charge is -2.15. The van der Waals surface area contributed by atoms with Gasteiger partial charge < -0.3 is 5.32 Å². The number of carbonyl (C=O) groups is 1. The Hall–Kier alpha value is -1.35. The van der Waals surface area contributed by atoms with Crippen LogP contribution in [0, 0.1) is 0 Å². The summed E-state index contributed by atoms with van der Waals surface area (Å²) in [5, 5.41) is 4.46. The number of nitrogens with one attached hydrogen (secondary N) is 2. The molecular formula is C11H16ClN3O4S. The van der Waals surface area contributed by atoms with Gasteiger partial charge in [-0.1, -0.05) is 11.6 Å². The third-order valence-corrected chi connectivity index (χ3v) is 2.85. The summed E-state index contributed by atoms with van der Waals surface area (Å²) in [5.74, 6) is 0. The summed E-state index contributed by atoms with van der Waals surface area (Å²) < 4.78 is 26.7. The Bertz CT molecular complexity index is 589. The molecule has 0 heterocycles. The highest BCUT2D eigenvalue weighted by Gasteiger charge is 2.10. The highest BCUT2D eigenvalue weighted by atomic mass is 35.5. The van der Waals surface area contributed by atoms with Crippen LogP contribution in [0.1, 0.15) is 5.56 Å². The molecule has 0 atom stereocenters. The number of urea groups is 1. The molecule has 0 fully saturated rings. The lowest BCUT2D eigenvalue weighted by Crippen LogP contribution is -2.39. The fourth-order valence-electron chi connectivity index (χ4n) is 1.33. The van der Waals surface area contributed by atoms with Gasteiger partial charge in [-0.25, -0.2) is 9.80 Å². The van der Waals surface area contributed by atoms with Crippen molar-refractivity contribution in [3.8, 4) is 0 Å². The number of hydrazine groups is 1. The van der Waals surface area contributed by atoms with E-state index < -0.39 is 16.1 Å². The van der Waals surface area contributed by atoms with Crippen LogP contribution in [-0.4, -0.2) is 39.8 Å². The lowest BCUT2D eigenvalue weighted by atomic mass is 10.2. The Kier molecular flexibility index (Phi) is 5.75. The zero-order valence-corrected chi connectivity index (χ0v) is 12.9. The maximum atomic E-state index is 11.6. The van der Waals surface area contributed by atoms with Gasteiger partial charge >= 0.3 is 6.03 Å². The standard InChI is InChI=1S/C11H16ClN3O4S/c1-15(2)14-11(16)13-10-5-4-9(12)6-8(10)7-19-20(3,17)18/h4-6H,7H2,1-3H3,(H2,13,14,16). The molecule has 7 nitrogen and oxygen atoms in total. The molecule has 0 saturated carbocycles. The van der Waals surface area contributed by atoms with E-state index >= 15 is 0 Å². The normalized spacial score (nSPS) is 11.4. The first-order chi connectivity index (χ1) is 9.17. The minimum atomic E-state index is -3.58. The average Bonchev–Trinajstić information content (AvgIpc) is 2.27. The molecule has 1 aromatic rings. The van der Waals surface area contributed by atoms with Crippen LogP contribution < -0.4 is 10.7 Å². The number of rotatable bonds is 5. The molecule has 20 heavy (non-hydrogen) atoms. The number of hydrogen-bond donors (Lipinski definition) is 2. The predicted octanol–water partition coefficient (Wildman–Crippen LogP) is 1.41. The number of carbonyl (C=O) groups excluding carboxylic acids is 1. The molecule has 9 heteroatoms. The SMILES string of the molecule is CN(C)NC(=O)Nc1ccc(Cl)cc1COS(C)(=O)=O. The van der Waals surface area contributed by atoms with Crippen LogP contribution in [-0.2, 0) is 20.9 Å². The maximum absolute atomic E-state index is 11.6. The van der Waals surface area contributed by atoms with Gasteiger partial charge in [0.1, 0.15) is 0 Å². The molecular weight excluding hydrogens is 306 g/mol. The first-order valence-electron chi connectivity index (χ1n) is 5.55. The molecule has 1 rings (SSSR count). The van der Waals surface area contributed by atoms with E-state index in [0.717, 1.165) is 6.26 Å². The molecule has 0 aliphatic rings. The van der Waals surface area contributed by atoms with Crippen molar-refractivity contribution in [1.82, 2.24) is 10.4 Å². The summed E-state index contributed by atoms with van der Waals surface area (Å²) in [7, 11) is -0.255. The van der Waals surface area contributed by atoms with E-state index in [1.807, 2.05) is 0 Å². The maximum Gasteiger partial charge on any atom is 0.333 e. The van der Waals surface area contributed by atoms with Crippen molar-refractivity contribution in [3.63, 3.8) is 0 Å². The van der Waals surface area contributed by atoms with E-state index in [9.17, 15) is 13.2 Å². The molecule has 1 aromatic carbocycles. The third-order valence-electron chi connectivity index (χ3n) is 2.07. The van der Waals surface area contributed by atoms with Crippen molar-refractivity contribution in [2.45, 2.75) is 6.61 Å². The number of amides is 2. The molecule has 2 N–H and O–H groups in total. The van der Waals surface area contributed by atoms with E-state index in [-0.39, 0.29) is 6.61 Å². The number of anilines is 1. The van der Waals surface area contributed by atoms with Crippen molar-refractivity contribution in [1.29, 1.82) is 0 Å². The Morgan fingerprint density at radius 2 is 2.05 bits per heavy atom. The summed E-state index contributed by atoms with van der Waals surface area (Å²) in [6, 6.07) is 4.21. The monoisotopic (exact) mass is 321 g/mol. The first kappa shape index (κ1) is 16.7. The van der Waals surface area contributed by atoms with Crippen LogP contribution in [0.3, 0.4) is 0 Å². The smallest absolute Gasteiger partial charge is 0.307 e. The van der Waals surface area contributed by atoms with E-state index in [1.54, 1.807) is 26.2 Å².